The fourth-order valence-electron chi connectivity index (χ4n) is 0. The van der Waals surface area contributed by atoms with Crippen LogP contribution in [0.5, 0.6) is 0 Å². The van der Waals surface area contributed by atoms with Crippen molar-refractivity contribution in [2.75, 3.05) is 0 Å². The van der Waals surface area contributed by atoms with Crippen molar-refractivity contribution in [1.82, 2.24) is 0 Å². The molecule has 0 unspecified atom stereocenters. The maximum absolute atomic E-state index is 3.64. The highest BCUT2D eigenvalue weighted by molar-refractivity contribution is 6.57. The summed E-state index contributed by atoms with van der Waals surface area (Å²) in [5.74, 6) is 0. The molecule has 0 atom stereocenters. The lowest BCUT2D eigenvalue weighted by Crippen LogP contribution is -1.86. The minimum atomic E-state index is 0.583. The van der Waals surface area contributed by atoms with Gasteiger partial charge < -0.3 is 0 Å². The molecule has 1 radical (unpaired) electrons. The summed E-state index contributed by atoms with van der Waals surface area (Å²) < 4.78 is 0. The monoisotopic (exact) mass is 55.1 g/mol. The molecule has 0 aliphatic heterocycles. The lowest BCUT2D eigenvalue weighted by Gasteiger charge is -1.77. The van der Waals surface area contributed by atoms with E-state index < -0.39 is 0 Å². The van der Waals surface area contributed by atoms with Crippen LogP contribution in [0, 0.1) is 6.82 Å². The Morgan fingerprint density at radius 3 is 1.50 bits per heavy atom. The van der Waals surface area contributed by atoms with Crippen LogP contribution in [0.3, 0.4) is 0 Å². The Kier molecular flexibility index (Phi) is 1.25. The molecule has 0 heterocycles. The molecule has 0 saturated heterocycles. The van der Waals surface area contributed by atoms with Gasteiger partial charge in [-0.2, -0.15) is 20.5 Å². The molecule has 0 aliphatic carbocycles. The van der Waals surface area contributed by atoms with Crippen molar-refractivity contribution < 1.29 is 0 Å². The van der Waals surface area contributed by atoms with E-state index in [9.17, 15) is 0 Å². The summed E-state index contributed by atoms with van der Waals surface area (Å²) in [4.78, 5) is 0. The topological polar surface area (TPSA) is 0 Å². The van der Waals surface area contributed by atoms with Gasteiger partial charge in [0.05, 0.1) is 6.71 Å². The van der Waals surface area contributed by atoms with Gasteiger partial charge in [0.1, 0.15) is 0 Å². The third-order valence-corrected chi connectivity index (χ3v) is 0. The van der Waals surface area contributed by atoms with Gasteiger partial charge in [-0.25, -0.2) is 0 Å². The fraction of sp³-hybridized carbons (Fsp3) is 0.667. The van der Waals surface area contributed by atoms with Crippen molar-refractivity contribution in [2.24, 2.45) is 0 Å². The Morgan fingerprint density at radius 1 is 1.50 bits per heavy atom. The molecular weight excluding hydrogens is 46.8 g/mol. The van der Waals surface area contributed by atoms with Crippen LogP contribution in [0.1, 0.15) is 0 Å². The Balaban J connectivity index is 2.32. The Morgan fingerprint density at radius 2 is 1.50 bits per heavy atom. The second-order valence-corrected chi connectivity index (χ2v) is 1.39. The lowest BCUT2D eigenvalue weighted by atomic mass is 9.58. The van der Waals surface area contributed by atoms with E-state index in [1.165, 1.54) is 0 Å². The van der Waals surface area contributed by atoms with Gasteiger partial charge in [0.25, 0.3) is 0 Å². The average molecular weight is 54.9 g/mol. The summed E-state index contributed by atoms with van der Waals surface area (Å²) in [5, 5.41) is 0. The van der Waals surface area contributed by atoms with Crippen molar-refractivity contribution in [3.8, 4) is 0 Å². The van der Waals surface area contributed by atoms with Crippen LogP contribution in [0.4, 0.5) is 0 Å². The summed E-state index contributed by atoms with van der Waals surface area (Å²) in [5.41, 5.74) is 0. The first-order valence-corrected chi connectivity index (χ1v) is 1.56. The maximum atomic E-state index is 3.64. The Hall–Kier alpha value is -0.0651. The third kappa shape index (κ3) is 400. The van der Waals surface area contributed by atoms with Gasteiger partial charge in [-0.15, -0.1) is 0 Å². The fourth-order valence-corrected chi connectivity index (χ4v) is 0. The molecule has 0 saturated carbocycles. The van der Waals surface area contributed by atoms with E-state index in [1.54, 1.807) is 0 Å². The molecule has 0 fully saturated rings. The highest BCUT2D eigenvalue weighted by Crippen LogP contribution is 1.65. The van der Waals surface area contributed by atoms with E-state index >= 15 is 0 Å². The molecule has 0 aliphatic rings. The number of rotatable bonds is 0. The first-order valence-electron chi connectivity index (χ1n) is 1.56. The lowest BCUT2D eigenvalue weighted by molar-refractivity contribution is 2.01. The molecule has 0 bridgehead atoms. The van der Waals surface area contributed by atoms with Crippen molar-refractivity contribution >= 4 is 6.71 Å². The molecule has 0 aromatic heterocycles. The van der Waals surface area contributed by atoms with E-state index in [0.29, 0.717) is 6.71 Å². The largest absolute Gasteiger partial charge is 0.171 e. The zero-order valence-electron chi connectivity index (χ0n) is 3.28. The van der Waals surface area contributed by atoms with Gasteiger partial charge in [0.15, 0.2) is 0 Å². The minimum absolute atomic E-state index is 0.583. The molecule has 0 aromatic rings. The van der Waals surface area contributed by atoms with Crippen molar-refractivity contribution in [3.63, 3.8) is 0 Å². The molecule has 0 rings (SSSR count). The van der Waals surface area contributed by atoms with Gasteiger partial charge in [0.2, 0.25) is 0 Å². The zero-order valence-corrected chi connectivity index (χ0v) is 3.28. The van der Waals surface area contributed by atoms with Crippen LogP contribution >= 0.6 is 0 Å². The molecule has 1 heteroatoms. The molecule has 0 spiro atoms. The van der Waals surface area contributed by atoms with Gasteiger partial charge in [0, 0.05) is 0 Å². The van der Waals surface area contributed by atoms with E-state index in [-0.39, 0.29) is 0 Å². The standard InChI is InChI=1S/C3H8B/c1-4(2)3/h1H2,2-3H3. The first kappa shape index (κ1) is 3.93. The molecular formula is C3H8B. The predicted molar refractivity (Wildman–Crippen MR) is 22.8 cm³/mol. The average Bonchev–Trinajstić information content (AvgIpc) is 0.811. The summed E-state index contributed by atoms with van der Waals surface area (Å²) in [6.07, 6.45) is 0. The van der Waals surface area contributed by atoms with Gasteiger partial charge in [-0.3, -0.25) is 0 Å². The van der Waals surface area contributed by atoms with E-state index in [2.05, 4.69) is 20.5 Å². The van der Waals surface area contributed by atoms with Crippen molar-refractivity contribution in [2.45, 2.75) is 13.6 Å². The SMILES string of the molecule is [CH2+][B-](C)C. The van der Waals surface area contributed by atoms with Crippen LogP contribution in [-0.2, 0) is 0 Å². The van der Waals surface area contributed by atoms with Crippen molar-refractivity contribution in [3.05, 3.63) is 6.82 Å². The number of hydrogen-bond acceptors (Lipinski definition) is 0. The summed E-state index contributed by atoms with van der Waals surface area (Å²) in [6, 6.07) is 0. The Labute approximate surface area is 28.3 Å². The van der Waals surface area contributed by atoms with Gasteiger partial charge >= 0.3 is 0 Å². The van der Waals surface area contributed by atoms with Gasteiger partial charge in [-0.1, -0.05) is 0 Å². The predicted octanol–water partition coefficient (Wildman–Crippen LogP) is 1.11. The van der Waals surface area contributed by atoms with Crippen LogP contribution < -0.4 is 0 Å². The highest BCUT2D eigenvalue weighted by Gasteiger charge is 1.70. The summed E-state index contributed by atoms with van der Waals surface area (Å²) in [7, 11) is 0. The van der Waals surface area contributed by atoms with E-state index in [4.69, 9.17) is 0 Å². The van der Waals surface area contributed by atoms with Crippen molar-refractivity contribution in [1.29, 1.82) is 0 Å². The van der Waals surface area contributed by atoms with Crippen LogP contribution in [-0.4, -0.2) is 6.71 Å². The quantitative estimate of drug-likeness (QED) is 0.287. The van der Waals surface area contributed by atoms with Crippen LogP contribution in [0.15, 0.2) is 0 Å². The zero-order chi connectivity index (χ0) is 3.58. The van der Waals surface area contributed by atoms with Crippen LogP contribution in [0.25, 0.3) is 0 Å². The highest BCUT2D eigenvalue weighted by atomic mass is 13.2. The molecule has 23 valence electrons. The molecule has 0 aromatic carbocycles. The van der Waals surface area contributed by atoms with Crippen LogP contribution in [0.2, 0.25) is 13.6 Å². The summed E-state index contributed by atoms with van der Waals surface area (Å²) in [6.45, 7) is 8.33. The van der Waals surface area contributed by atoms with Gasteiger partial charge in [-0.05, 0) is 0 Å². The Bertz CT molecular complexity index is 8.00. The number of hydrogen-bond donors (Lipinski definition) is 0. The molecule has 0 N–H and O–H groups in total. The molecule has 0 amide bonds. The second-order valence-electron chi connectivity index (χ2n) is 1.39. The smallest absolute Gasteiger partial charge is 0.0968 e. The first-order chi connectivity index (χ1) is 1.73. The van der Waals surface area contributed by atoms with E-state index in [1.807, 2.05) is 0 Å². The maximum Gasteiger partial charge on any atom is 0.0968 e. The van der Waals surface area contributed by atoms with E-state index in [0.717, 1.165) is 0 Å². The molecule has 4 heavy (non-hydrogen) atoms. The summed E-state index contributed by atoms with van der Waals surface area (Å²) >= 11 is 0. The normalized spacial score (nSPS) is 8.75. The minimum Gasteiger partial charge on any atom is -0.171 e. The molecule has 0 nitrogen and oxygen atoms in total. The third-order valence-electron chi connectivity index (χ3n) is 0. The second kappa shape index (κ2) is 1.28.